The fourth-order valence-corrected chi connectivity index (χ4v) is 2.67. The average molecular weight is 353 g/mol. The van der Waals surface area contributed by atoms with E-state index in [0.717, 1.165) is 6.54 Å². The van der Waals surface area contributed by atoms with Gasteiger partial charge in [-0.1, -0.05) is 17.7 Å². The van der Waals surface area contributed by atoms with Gasteiger partial charge >= 0.3 is 0 Å². The van der Waals surface area contributed by atoms with Gasteiger partial charge in [-0.3, -0.25) is 11.3 Å². The SMILES string of the molecule is CN1CCOC(C(NN)c2ccc(Br)c(Cl)c2F)C1. The highest BCUT2D eigenvalue weighted by molar-refractivity contribution is 9.10. The van der Waals surface area contributed by atoms with Crippen LogP contribution in [0.25, 0.3) is 0 Å². The number of nitrogens with zero attached hydrogens (tertiary/aromatic N) is 1. The third-order valence-corrected chi connectivity index (χ3v) is 4.51. The molecule has 0 saturated carbocycles. The maximum Gasteiger partial charge on any atom is 0.147 e. The summed E-state index contributed by atoms with van der Waals surface area (Å²) in [6.07, 6.45) is -0.213. The lowest BCUT2D eigenvalue weighted by Gasteiger charge is -2.35. The third-order valence-electron chi connectivity index (χ3n) is 3.25. The lowest BCUT2D eigenvalue weighted by molar-refractivity contribution is -0.0398. The molecule has 0 aromatic heterocycles. The van der Waals surface area contributed by atoms with Crippen LogP contribution in [0.5, 0.6) is 0 Å². The van der Waals surface area contributed by atoms with Gasteiger partial charge < -0.3 is 9.64 Å². The van der Waals surface area contributed by atoms with Gasteiger partial charge in [0, 0.05) is 23.1 Å². The van der Waals surface area contributed by atoms with Gasteiger partial charge in [0.15, 0.2) is 0 Å². The largest absolute Gasteiger partial charge is 0.374 e. The number of nitrogens with two attached hydrogens (primary N) is 1. The molecule has 1 saturated heterocycles. The molecule has 19 heavy (non-hydrogen) atoms. The molecule has 1 aliphatic heterocycles. The predicted octanol–water partition coefficient (Wildman–Crippen LogP) is 2.08. The van der Waals surface area contributed by atoms with Crippen molar-refractivity contribution in [1.29, 1.82) is 0 Å². The Balaban J connectivity index is 2.29. The number of likely N-dealkylation sites (N-methyl/N-ethyl adjacent to an activating group) is 1. The summed E-state index contributed by atoms with van der Waals surface area (Å²) in [5.74, 6) is 5.09. The van der Waals surface area contributed by atoms with Gasteiger partial charge in [0.2, 0.25) is 0 Å². The first-order valence-corrected chi connectivity index (χ1v) is 7.11. The van der Waals surface area contributed by atoms with E-state index in [1.165, 1.54) is 0 Å². The second-order valence-electron chi connectivity index (χ2n) is 4.58. The molecule has 0 aliphatic carbocycles. The summed E-state index contributed by atoms with van der Waals surface area (Å²) in [6, 6.07) is 2.93. The highest BCUT2D eigenvalue weighted by Gasteiger charge is 2.30. The molecule has 0 amide bonds. The third kappa shape index (κ3) is 3.26. The minimum atomic E-state index is -0.476. The quantitative estimate of drug-likeness (QED) is 0.497. The van der Waals surface area contributed by atoms with E-state index in [0.29, 0.717) is 23.2 Å². The van der Waals surface area contributed by atoms with Crippen molar-refractivity contribution in [3.63, 3.8) is 0 Å². The molecular weight excluding hydrogens is 337 g/mol. The molecule has 2 unspecified atom stereocenters. The number of morpholine rings is 1. The molecule has 1 aromatic carbocycles. The first-order valence-electron chi connectivity index (χ1n) is 5.94. The van der Waals surface area contributed by atoms with Crippen LogP contribution in [-0.2, 0) is 4.74 Å². The summed E-state index contributed by atoms with van der Waals surface area (Å²) < 4.78 is 20.4. The van der Waals surface area contributed by atoms with Crippen LogP contribution >= 0.6 is 27.5 Å². The highest BCUT2D eigenvalue weighted by atomic mass is 79.9. The van der Waals surface area contributed by atoms with Crippen LogP contribution in [0.15, 0.2) is 16.6 Å². The van der Waals surface area contributed by atoms with Gasteiger partial charge in [0.05, 0.1) is 23.8 Å². The second kappa shape index (κ2) is 6.47. The molecular formula is C12H16BrClFN3O. The van der Waals surface area contributed by atoms with E-state index < -0.39 is 11.9 Å². The van der Waals surface area contributed by atoms with E-state index >= 15 is 0 Å². The van der Waals surface area contributed by atoms with Crippen molar-refractivity contribution in [2.75, 3.05) is 26.7 Å². The standard InChI is InChI=1S/C12H16BrClFN3O/c1-18-4-5-19-9(6-18)12(17-16)7-2-3-8(13)10(14)11(7)15/h2-3,9,12,17H,4-6,16H2,1H3. The highest BCUT2D eigenvalue weighted by Crippen LogP contribution is 2.32. The summed E-state index contributed by atoms with van der Waals surface area (Å²) in [4.78, 5) is 2.12. The van der Waals surface area contributed by atoms with Crippen LogP contribution in [0.2, 0.25) is 5.02 Å². The zero-order valence-corrected chi connectivity index (χ0v) is 12.8. The van der Waals surface area contributed by atoms with Gasteiger partial charge in [0.1, 0.15) is 5.82 Å². The minimum absolute atomic E-state index is 0.0573. The van der Waals surface area contributed by atoms with Crippen molar-refractivity contribution in [3.05, 3.63) is 33.0 Å². The van der Waals surface area contributed by atoms with Crippen molar-refractivity contribution >= 4 is 27.5 Å². The summed E-state index contributed by atoms with van der Waals surface area (Å²) in [6.45, 7) is 2.14. The van der Waals surface area contributed by atoms with Crippen molar-refractivity contribution < 1.29 is 9.13 Å². The molecule has 0 spiro atoms. The Morgan fingerprint density at radius 3 is 3.00 bits per heavy atom. The number of hydrogen-bond donors (Lipinski definition) is 2. The van der Waals surface area contributed by atoms with Crippen LogP contribution in [0.3, 0.4) is 0 Å². The van der Waals surface area contributed by atoms with Gasteiger partial charge in [-0.05, 0) is 29.0 Å². The van der Waals surface area contributed by atoms with Gasteiger partial charge in [-0.15, -0.1) is 0 Å². The monoisotopic (exact) mass is 351 g/mol. The van der Waals surface area contributed by atoms with Crippen LogP contribution in [0, 0.1) is 5.82 Å². The number of benzene rings is 1. The average Bonchev–Trinajstić information content (AvgIpc) is 2.40. The summed E-state index contributed by atoms with van der Waals surface area (Å²) in [5, 5.41) is 0.0573. The lowest BCUT2D eigenvalue weighted by atomic mass is 10.00. The summed E-state index contributed by atoms with van der Waals surface area (Å²) in [5.41, 5.74) is 3.04. The Kier molecular flexibility index (Phi) is 5.16. The minimum Gasteiger partial charge on any atom is -0.374 e. The topological polar surface area (TPSA) is 50.5 Å². The number of hydrogen-bond acceptors (Lipinski definition) is 4. The first kappa shape index (κ1) is 15.2. The van der Waals surface area contributed by atoms with Crippen LogP contribution < -0.4 is 11.3 Å². The van der Waals surface area contributed by atoms with E-state index in [4.69, 9.17) is 22.2 Å². The number of rotatable bonds is 3. The van der Waals surface area contributed by atoms with E-state index in [-0.39, 0.29) is 11.1 Å². The fraction of sp³-hybridized carbons (Fsp3) is 0.500. The molecule has 1 fully saturated rings. The number of halogens is 3. The predicted molar refractivity (Wildman–Crippen MR) is 76.4 cm³/mol. The van der Waals surface area contributed by atoms with Crippen LogP contribution in [0.4, 0.5) is 4.39 Å². The number of hydrazine groups is 1. The molecule has 1 heterocycles. The Morgan fingerprint density at radius 1 is 1.63 bits per heavy atom. The van der Waals surface area contributed by atoms with Crippen molar-refractivity contribution in [3.8, 4) is 0 Å². The van der Waals surface area contributed by atoms with E-state index in [1.807, 2.05) is 7.05 Å². The van der Waals surface area contributed by atoms with Gasteiger partial charge in [-0.2, -0.15) is 0 Å². The Bertz CT molecular complexity index is 463. The Morgan fingerprint density at radius 2 is 2.37 bits per heavy atom. The zero-order valence-electron chi connectivity index (χ0n) is 10.5. The molecule has 0 bridgehead atoms. The van der Waals surface area contributed by atoms with Crippen LogP contribution in [-0.4, -0.2) is 37.7 Å². The van der Waals surface area contributed by atoms with E-state index in [9.17, 15) is 4.39 Å². The molecule has 2 rings (SSSR count). The maximum atomic E-state index is 14.2. The van der Waals surface area contributed by atoms with E-state index in [1.54, 1.807) is 12.1 Å². The summed E-state index contributed by atoms with van der Waals surface area (Å²) in [7, 11) is 1.99. The smallest absolute Gasteiger partial charge is 0.147 e. The summed E-state index contributed by atoms with van der Waals surface area (Å²) >= 11 is 9.10. The van der Waals surface area contributed by atoms with Crippen LogP contribution in [0.1, 0.15) is 11.6 Å². The Labute approximate surface area is 125 Å². The molecule has 7 heteroatoms. The number of ether oxygens (including phenoxy) is 1. The maximum absolute atomic E-state index is 14.2. The zero-order chi connectivity index (χ0) is 14.0. The van der Waals surface area contributed by atoms with E-state index in [2.05, 4.69) is 26.3 Å². The molecule has 4 nitrogen and oxygen atoms in total. The first-order chi connectivity index (χ1) is 9.04. The molecule has 1 aromatic rings. The second-order valence-corrected chi connectivity index (χ2v) is 5.81. The van der Waals surface area contributed by atoms with Gasteiger partial charge in [0.25, 0.3) is 0 Å². The molecule has 0 radical (unpaired) electrons. The normalized spacial score (nSPS) is 22.5. The van der Waals surface area contributed by atoms with Crippen molar-refractivity contribution in [2.24, 2.45) is 5.84 Å². The van der Waals surface area contributed by atoms with Crippen molar-refractivity contribution in [1.82, 2.24) is 10.3 Å². The van der Waals surface area contributed by atoms with Gasteiger partial charge in [-0.25, -0.2) is 4.39 Å². The Hall–Kier alpha value is -0.240. The molecule has 106 valence electrons. The molecule has 3 N–H and O–H groups in total. The number of nitrogens with one attached hydrogen (secondary N) is 1. The van der Waals surface area contributed by atoms with Crippen molar-refractivity contribution in [2.45, 2.75) is 12.1 Å². The fourth-order valence-electron chi connectivity index (χ4n) is 2.19. The lowest BCUT2D eigenvalue weighted by Crippen LogP contribution is -2.48. The molecule has 1 aliphatic rings. The molecule has 2 atom stereocenters.